The van der Waals surface area contributed by atoms with Crippen LogP contribution in [-0.2, 0) is 0 Å². The van der Waals surface area contributed by atoms with Crippen LogP contribution in [0.1, 0.15) is 30.9 Å². The number of nitrogens with zero attached hydrogens (tertiary/aromatic N) is 1. The van der Waals surface area contributed by atoms with Crippen LogP contribution in [0.5, 0.6) is 0 Å². The number of hydrogen-bond acceptors (Lipinski definition) is 2. The monoisotopic (exact) mass is 354 g/mol. The van der Waals surface area contributed by atoms with Gasteiger partial charge in [0, 0.05) is 9.86 Å². The lowest BCUT2D eigenvalue weighted by Crippen LogP contribution is -1.97. The van der Waals surface area contributed by atoms with Crippen molar-refractivity contribution < 1.29 is 0 Å². The van der Waals surface area contributed by atoms with Crippen LogP contribution in [0.2, 0.25) is 0 Å². The maximum atomic E-state index is 4.70. The summed E-state index contributed by atoms with van der Waals surface area (Å²) in [6.45, 7) is 6.51. The molecule has 0 aliphatic carbocycles. The van der Waals surface area contributed by atoms with Crippen molar-refractivity contribution in [3.63, 3.8) is 0 Å². The highest BCUT2D eigenvalue weighted by atomic mass is 79.9. The molecule has 0 atom stereocenters. The average Bonchev–Trinajstić information content (AvgIpc) is 2.49. The third-order valence-electron chi connectivity index (χ3n) is 3.85. The van der Waals surface area contributed by atoms with E-state index >= 15 is 0 Å². The molecule has 2 nitrogen and oxygen atoms in total. The molecule has 0 spiro atoms. The maximum absolute atomic E-state index is 4.70. The number of hydrogen-bond donors (Lipinski definition) is 1. The van der Waals surface area contributed by atoms with Gasteiger partial charge in [-0.05, 0) is 64.2 Å². The van der Waals surface area contributed by atoms with Crippen LogP contribution >= 0.6 is 15.9 Å². The Morgan fingerprint density at radius 3 is 2.55 bits per heavy atom. The highest BCUT2D eigenvalue weighted by molar-refractivity contribution is 9.10. The summed E-state index contributed by atoms with van der Waals surface area (Å²) in [7, 11) is 0. The number of para-hydroxylation sites is 1. The van der Waals surface area contributed by atoms with E-state index in [1.807, 2.05) is 18.2 Å². The second kappa shape index (κ2) is 6.09. The molecule has 112 valence electrons. The lowest BCUT2D eigenvalue weighted by atomic mass is 10.0. The number of aryl methyl sites for hydroxylation is 1. The van der Waals surface area contributed by atoms with Crippen molar-refractivity contribution in [2.45, 2.75) is 26.7 Å². The van der Waals surface area contributed by atoms with E-state index in [2.05, 4.69) is 72.3 Å². The molecule has 3 rings (SSSR count). The summed E-state index contributed by atoms with van der Waals surface area (Å²) in [5.41, 5.74) is 4.59. The van der Waals surface area contributed by atoms with Gasteiger partial charge < -0.3 is 5.32 Å². The zero-order chi connectivity index (χ0) is 15.7. The molecule has 3 aromatic rings. The van der Waals surface area contributed by atoms with Crippen LogP contribution in [0.3, 0.4) is 0 Å². The Morgan fingerprint density at radius 1 is 1.05 bits per heavy atom. The molecule has 0 saturated heterocycles. The van der Waals surface area contributed by atoms with E-state index in [1.54, 1.807) is 0 Å². The van der Waals surface area contributed by atoms with Crippen molar-refractivity contribution in [2.75, 3.05) is 5.32 Å². The quantitative estimate of drug-likeness (QED) is 0.607. The largest absolute Gasteiger partial charge is 0.339 e. The lowest BCUT2D eigenvalue weighted by Gasteiger charge is -2.13. The average molecular weight is 355 g/mol. The van der Waals surface area contributed by atoms with Gasteiger partial charge in [0.25, 0.3) is 0 Å². The summed E-state index contributed by atoms with van der Waals surface area (Å²) in [5, 5.41) is 4.61. The summed E-state index contributed by atoms with van der Waals surface area (Å²) in [6.07, 6.45) is 0. The molecule has 3 heteroatoms. The van der Waals surface area contributed by atoms with Gasteiger partial charge in [-0.25, -0.2) is 4.98 Å². The van der Waals surface area contributed by atoms with Crippen LogP contribution in [0.4, 0.5) is 11.5 Å². The Morgan fingerprint density at radius 2 is 1.82 bits per heavy atom. The molecule has 0 fully saturated rings. The number of benzene rings is 2. The molecule has 1 aromatic heterocycles. The molecule has 0 bridgehead atoms. The van der Waals surface area contributed by atoms with Crippen molar-refractivity contribution in [1.29, 1.82) is 0 Å². The summed E-state index contributed by atoms with van der Waals surface area (Å²) >= 11 is 3.65. The van der Waals surface area contributed by atoms with Gasteiger partial charge in [-0.15, -0.1) is 0 Å². The zero-order valence-electron chi connectivity index (χ0n) is 13.0. The van der Waals surface area contributed by atoms with E-state index in [4.69, 9.17) is 4.98 Å². The van der Waals surface area contributed by atoms with Gasteiger partial charge in [0.05, 0.1) is 11.2 Å². The van der Waals surface area contributed by atoms with E-state index in [-0.39, 0.29) is 0 Å². The van der Waals surface area contributed by atoms with Crippen molar-refractivity contribution >= 4 is 38.3 Å². The Balaban J connectivity index is 1.96. The molecular formula is C19H19BrN2. The van der Waals surface area contributed by atoms with Crippen molar-refractivity contribution in [1.82, 2.24) is 4.98 Å². The van der Waals surface area contributed by atoms with E-state index < -0.39 is 0 Å². The third kappa shape index (κ3) is 3.00. The standard InChI is InChI=1S/C19H19BrN2/c1-12(2)14-8-9-18(16(20)11-14)22-19-10-13(3)15-6-4-5-7-17(15)21-19/h4-12H,1-3H3,(H,21,22). The van der Waals surface area contributed by atoms with Crippen molar-refractivity contribution in [3.05, 3.63) is 64.1 Å². The van der Waals surface area contributed by atoms with Crippen molar-refractivity contribution in [2.24, 2.45) is 0 Å². The molecular weight excluding hydrogens is 336 g/mol. The normalized spacial score (nSPS) is 11.1. The molecule has 0 unspecified atom stereocenters. The summed E-state index contributed by atoms with van der Waals surface area (Å²) < 4.78 is 1.06. The van der Waals surface area contributed by atoms with Gasteiger partial charge in [0.1, 0.15) is 5.82 Å². The minimum absolute atomic E-state index is 0.520. The van der Waals surface area contributed by atoms with E-state index in [9.17, 15) is 0 Å². The first-order chi connectivity index (χ1) is 10.5. The van der Waals surface area contributed by atoms with Crippen molar-refractivity contribution in [3.8, 4) is 0 Å². The number of fused-ring (bicyclic) bond motifs is 1. The highest BCUT2D eigenvalue weighted by Gasteiger charge is 2.07. The number of rotatable bonds is 3. The highest BCUT2D eigenvalue weighted by Crippen LogP contribution is 2.30. The SMILES string of the molecule is Cc1cc(Nc2ccc(C(C)C)cc2Br)nc2ccccc12. The van der Waals surface area contributed by atoms with Crippen LogP contribution in [-0.4, -0.2) is 4.98 Å². The van der Waals surface area contributed by atoms with E-state index in [0.29, 0.717) is 5.92 Å². The van der Waals surface area contributed by atoms with Gasteiger partial charge >= 0.3 is 0 Å². The maximum Gasteiger partial charge on any atom is 0.131 e. The predicted octanol–water partition coefficient (Wildman–Crippen LogP) is 6.17. The topological polar surface area (TPSA) is 24.9 Å². The fourth-order valence-electron chi connectivity index (χ4n) is 2.54. The van der Waals surface area contributed by atoms with Gasteiger partial charge in [0.15, 0.2) is 0 Å². The first-order valence-electron chi connectivity index (χ1n) is 7.47. The second-order valence-corrected chi connectivity index (χ2v) is 6.71. The second-order valence-electron chi connectivity index (χ2n) is 5.86. The number of aromatic nitrogens is 1. The summed E-state index contributed by atoms with van der Waals surface area (Å²) in [4.78, 5) is 4.70. The smallest absolute Gasteiger partial charge is 0.131 e. The van der Waals surface area contributed by atoms with Crippen LogP contribution in [0, 0.1) is 6.92 Å². The van der Waals surface area contributed by atoms with Crippen LogP contribution in [0.15, 0.2) is 53.0 Å². The van der Waals surface area contributed by atoms with Gasteiger partial charge in [-0.1, -0.05) is 38.1 Å². The molecule has 0 saturated carbocycles. The fourth-order valence-corrected chi connectivity index (χ4v) is 3.04. The van der Waals surface area contributed by atoms with Crippen LogP contribution in [0.25, 0.3) is 10.9 Å². The molecule has 0 aliphatic rings. The minimum atomic E-state index is 0.520. The molecule has 0 aliphatic heterocycles. The molecule has 1 N–H and O–H groups in total. The minimum Gasteiger partial charge on any atom is -0.339 e. The lowest BCUT2D eigenvalue weighted by molar-refractivity contribution is 0.866. The Bertz CT molecular complexity index is 825. The summed E-state index contributed by atoms with van der Waals surface area (Å²) in [6, 6.07) is 16.7. The zero-order valence-corrected chi connectivity index (χ0v) is 14.6. The molecule has 2 aromatic carbocycles. The first kappa shape index (κ1) is 15.0. The number of pyridine rings is 1. The summed E-state index contributed by atoms with van der Waals surface area (Å²) in [5.74, 6) is 1.39. The predicted molar refractivity (Wildman–Crippen MR) is 98.0 cm³/mol. The molecule has 1 heterocycles. The molecule has 0 amide bonds. The third-order valence-corrected chi connectivity index (χ3v) is 4.50. The van der Waals surface area contributed by atoms with E-state index in [1.165, 1.54) is 16.5 Å². The van der Waals surface area contributed by atoms with Gasteiger partial charge in [-0.3, -0.25) is 0 Å². The van der Waals surface area contributed by atoms with Gasteiger partial charge in [-0.2, -0.15) is 0 Å². The number of anilines is 2. The molecule has 0 radical (unpaired) electrons. The van der Waals surface area contributed by atoms with Gasteiger partial charge in [0.2, 0.25) is 0 Å². The number of nitrogens with one attached hydrogen (secondary N) is 1. The van der Waals surface area contributed by atoms with E-state index in [0.717, 1.165) is 21.5 Å². The fraction of sp³-hybridized carbons (Fsp3) is 0.211. The van der Waals surface area contributed by atoms with Crippen LogP contribution < -0.4 is 5.32 Å². The Hall–Kier alpha value is -1.87. The molecule has 22 heavy (non-hydrogen) atoms. The first-order valence-corrected chi connectivity index (χ1v) is 8.27. The Labute approximate surface area is 139 Å². The number of halogens is 1. The Kier molecular flexibility index (Phi) is 4.16.